The summed E-state index contributed by atoms with van der Waals surface area (Å²) in [4.78, 5) is 0. The first-order chi connectivity index (χ1) is 9.73. The second-order valence-electron chi connectivity index (χ2n) is 6.67. The lowest BCUT2D eigenvalue weighted by molar-refractivity contribution is -0.0449. The average Bonchev–Trinajstić information content (AvgIpc) is 2.49. The van der Waals surface area contributed by atoms with Gasteiger partial charge in [-0.25, -0.2) is 0 Å². The Morgan fingerprint density at radius 1 is 1.25 bits per heavy atom. The van der Waals surface area contributed by atoms with Crippen molar-refractivity contribution in [1.29, 1.82) is 0 Å². The van der Waals surface area contributed by atoms with E-state index in [4.69, 9.17) is 0 Å². The molecule has 0 bridgehead atoms. The molecule has 1 saturated carbocycles. The van der Waals surface area contributed by atoms with Crippen LogP contribution in [0, 0.1) is 5.92 Å². The molecule has 2 N–H and O–H groups in total. The third kappa shape index (κ3) is 2.64. The van der Waals surface area contributed by atoms with Crippen LogP contribution in [0.4, 0.5) is 0 Å². The van der Waals surface area contributed by atoms with E-state index in [0.717, 1.165) is 31.7 Å². The average molecular weight is 273 g/mol. The number of aliphatic hydroxyl groups is 1. The summed E-state index contributed by atoms with van der Waals surface area (Å²) < 4.78 is 0. The minimum absolute atomic E-state index is 0.134. The second kappa shape index (κ2) is 5.87. The first-order valence-corrected chi connectivity index (χ1v) is 8.26. The fraction of sp³-hybridized carbons (Fsp3) is 0.667. The molecule has 2 heteroatoms. The van der Waals surface area contributed by atoms with Gasteiger partial charge in [0.05, 0.1) is 11.6 Å². The van der Waals surface area contributed by atoms with Crippen molar-refractivity contribution in [2.75, 3.05) is 6.54 Å². The van der Waals surface area contributed by atoms with Crippen LogP contribution < -0.4 is 5.32 Å². The summed E-state index contributed by atoms with van der Waals surface area (Å²) >= 11 is 0. The minimum Gasteiger partial charge on any atom is -0.388 e. The van der Waals surface area contributed by atoms with E-state index in [1.807, 2.05) is 0 Å². The van der Waals surface area contributed by atoms with E-state index in [2.05, 4.69) is 36.5 Å². The van der Waals surface area contributed by atoms with Crippen molar-refractivity contribution in [2.45, 2.75) is 63.5 Å². The molecule has 1 aromatic rings. The molecule has 0 spiro atoms. The summed E-state index contributed by atoms with van der Waals surface area (Å²) in [5, 5.41) is 14.7. The van der Waals surface area contributed by atoms with E-state index in [0.29, 0.717) is 0 Å². The van der Waals surface area contributed by atoms with Gasteiger partial charge in [-0.15, -0.1) is 0 Å². The first kappa shape index (κ1) is 14.1. The normalized spacial score (nSPS) is 33.7. The summed E-state index contributed by atoms with van der Waals surface area (Å²) in [5.41, 5.74) is 2.20. The molecule has 3 rings (SSSR count). The molecule has 2 nitrogen and oxygen atoms in total. The molecule has 1 heterocycles. The van der Waals surface area contributed by atoms with E-state index in [1.165, 1.54) is 36.8 Å². The topological polar surface area (TPSA) is 32.3 Å². The first-order valence-electron chi connectivity index (χ1n) is 8.26. The summed E-state index contributed by atoms with van der Waals surface area (Å²) in [6.07, 6.45) is 7.95. The molecular weight excluding hydrogens is 246 g/mol. The summed E-state index contributed by atoms with van der Waals surface area (Å²) in [7, 11) is 0. The molecule has 0 aromatic heterocycles. The third-order valence-electron chi connectivity index (χ3n) is 5.31. The Morgan fingerprint density at radius 2 is 2.00 bits per heavy atom. The maximum absolute atomic E-state index is 11.2. The van der Waals surface area contributed by atoms with E-state index in [1.54, 1.807) is 0 Å². The Morgan fingerprint density at radius 3 is 2.75 bits per heavy atom. The zero-order chi connectivity index (χ0) is 14.0. The predicted molar refractivity (Wildman–Crippen MR) is 82.7 cm³/mol. The minimum atomic E-state index is -0.541. The molecule has 2 aliphatic rings. The largest absolute Gasteiger partial charge is 0.388 e. The molecule has 1 aliphatic heterocycles. The molecule has 1 aliphatic carbocycles. The Kier molecular flexibility index (Phi) is 4.13. The smallest absolute Gasteiger partial charge is 0.0841 e. The van der Waals surface area contributed by atoms with Crippen LogP contribution in [-0.2, 0) is 6.42 Å². The summed E-state index contributed by atoms with van der Waals surface area (Å²) in [6, 6.07) is 8.77. The maximum atomic E-state index is 11.2. The number of hydrogen-bond donors (Lipinski definition) is 2. The number of benzene rings is 1. The SMILES string of the molecule is CCCC1CCC(O)(C2NCCc3ccccc32)CC1. The molecule has 1 fully saturated rings. The van der Waals surface area contributed by atoms with E-state index < -0.39 is 5.60 Å². The summed E-state index contributed by atoms with van der Waals surface area (Å²) in [5.74, 6) is 0.833. The van der Waals surface area contributed by atoms with Gasteiger partial charge in [-0.1, -0.05) is 44.0 Å². The van der Waals surface area contributed by atoms with Crippen molar-refractivity contribution < 1.29 is 5.11 Å². The van der Waals surface area contributed by atoms with Gasteiger partial charge in [0.1, 0.15) is 0 Å². The molecule has 0 amide bonds. The van der Waals surface area contributed by atoms with Crippen LogP contribution in [0.25, 0.3) is 0 Å². The van der Waals surface area contributed by atoms with Gasteiger partial charge in [0.15, 0.2) is 0 Å². The standard InChI is InChI=1S/C18H27NO/c1-2-5-14-8-11-18(20,12-9-14)17-16-7-4-3-6-15(16)10-13-19-17/h3-4,6-7,14,17,19-20H,2,5,8-13H2,1H3. The van der Waals surface area contributed by atoms with Crippen LogP contribution in [0.1, 0.15) is 62.6 Å². The Balaban J connectivity index is 1.77. The van der Waals surface area contributed by atoms with E-state index >= 15 is 0 Å². The van der Waals surface area contributed by atoms with Gasteiger partial charge in [0.25, 0.3) is 0 Å². The van der Waals surface area contributed by atoms with Crippen molar-refractivity contribution >= 4 is 0 Å². The highest BCUT2D eigenvalue weighted by molar-refractivity contribution is 5.34. The molecule has 0 saturated heterocycles. The van der Waals surface area contributed by atoms with Crippen molar-refractivity contribution in [3.8, 4) is 0 Å². The fourth-order valence-electron chi connectivity index (χ4n) is 4.15. The van der Waals surface area contributed by atoms with Crippen LogP contribution >= 0.6 is 0 Å². The third-order valence-corrected chi connectivity index (χ3v) is 5.31. The van der Waals surface area contributed by atoms with Crippen LogP contribution in [0.2, 0.25) is 0 Å². The van der Waals surface area contributed by atoms with Crippen LogP contribution in [0.15, 0.2) is 24.3 Å². The van der Waals surface area contributed by atoms with Crippen LogP contribution in [0.3, 0.4) is 0 Å². The number of hydrogen-bond acceptors (Lipinski definition) is 2. The highest BCUT2D eigenvalue weighted by atomic mass is 16.3. The quantitative estimate of drug-likeness (QED) is 0.882. The Bertz CT molecular complexity index is 448. The van der Waals surface area contributed by atoms with Crippen molar-refractivity contribution in [3.05, 3.63) is 35.4 Å². The molecule has 0 radical (unpaired) electrons. The zero-order valence-electron chi connectivity index (χ0n) is 12.6. The number of fused-ring (bicyclic) bond motifs is 1. The number of nitrogens with one attached hydrogen (secondary N) is 1. The van der Waals surface area contributed by atoms with Crippen LogP contribution in [-0.4, -0.2) is 17.3 Å². The lowest BCUT2D eigenvalue weighted by Crippen LogP contribution is -2.49. The predicted octanol–water partition coefficient (Wildman–Crippen LogP) is 3.59. The zero-order valence-corrected chi connectivity index (χ0v) is 12.6. The van der Waals surface area contributed by atoms with Gasteiger partial charge in [-0.2, -0.15) is 0 Å². The number of rotatable bonds is 3. The highest BCUT2D eigenvalue weighted by Gasteiger charge is 2.42. The lowest BCUT2D eigenvalue weighted by Gasteiger charge is -2.44. The van der Waals surface area contributed by atoms with Gasteiger partial charge < -0.3 is 10.4 Å². The Hall–Kier alpha value is -0.860. The van der Waals surface area contributed by atoms with Crippen molar-refractivity contribution in [1.82, 2.24) is 5.32 Å². The monoisotopic (exact) mass is 273 g/mol. The fourth-order valence-corrected chi connectivity index (χ4v) is 4.15. The molecular formula is C18H27NO. The van der Waals surface area contributed by atoms with Gasteiger partial charge in [-0.3, -0.25) is 0 Å². The highest BCUT2D eigenvalue weighted by Crippen LogP contribution is 2.43. The van der Waals surface area contributed by atoms with Gasteiger partial charge in [0, 0.05) is 0 Å². The van der Waals surface area contributed by atoms with Gasteiger partial charge >= 0.3 is 0 Å². The molecule has 110 valence electrons. The summed E-state index contributed by atoms with van der Waals surface area (Å²) in [6.45, 7) is 3.25. The molecule has 20 heavy (non-hydrogen) atoms. The molecule has 1 unspecified atom stereocenters. The lowest BCUT2D eigenvalue weighted by atomic mass is 9.71. The van der Waals surface area contributed by atoms with E-state index in [9.17, 15) is 5.11 Å². The van der Waals surface area contributed by atoms with E-state index in [-0.39, 0.29) is 6.04 Å². The van der Waals surface area contributed by atoms with Crippen molar-refractivity contribution in [3.63, 3.8) is 0 Å². The molecule has 1 aromatic carbocycles. The van der Waals surface area contributed by atoms with Crippen molar-refractivity contribution in [2.24, 2.45) is 5.92 Å². The van der Waals surface area contributed by atoms with Gasteiger partial charge in [0.2, 0.25) is 0 Å². The van der Waals surface area contributed by atoms with Crippen LogP contribution in [0.5, 0.6) is 0 Å². The Labute approximate surface area is 122 Å². The molecule has 1 atom stereocenters. The van der Waals surface area contributed by atoms with Gasteiger partial charge in [-0.05, 0) is 55.7 Å². The second-order valence-corrected chi connectivity index (χ2v) is 6.67. The maximum Gasteiger partial charge on any atom is 0.0841 e.